The van der Waals surface area contributed by atoms with Gasteiger partial charge in [0.1, 0.15) is 0 Å². The molecule has 0 aliphatic heterocycles. The minimum Gasteiger partial charge on any atom is -0.593 e. The molecule has 13 heavy (non-hydrogen) atoms. The van der Waals surface area contributed by atoms with Crippen LogP contribution in [0.2, 0.25) is 0 Å². The van der Waals surface area contributed by atoms with Gasteiger partial charge in [0.05, 0.1) is 13.1 Å². The fraction of sp³-hybridized carbons (Fsp3) is 0. The highest BCUT2D eigenvalue weighted by Crippen LogP contribution is 2.36. The third-order valence-corrected chi connectivity index (χ3v) is 3.20. The Bertz CT molecular complexity index is 343. The van der Waals surface area contributed by atoms with E-state index >= 15 is 0 Å². The Balaban J connectivity index is 3.37. The van der Waals surface area contributed by atoms with E-state index < -0.39 is 0 Å². The van der Waals surface area contributed by atoms with Crippen molar-refractivity contribution in [3.05, 3.63) is 30.8 Å². The van der Waals surface area contributed by atoms with Gasteiger partial charge < -0.3 is 5.21 Å². The molecule has 7 heteroatoms. The van der Waals surface area contributed by atoms with Crippen LogP contribution in [0, 0.1) is 5.21 Å². The molecule has 0 aromatic heterocycles. The van der Waals surface area contributed by atoms with Crippen molar-refractivity contribution in [2.45, 2.75) is 0 Å². The first-order valence-electron chi connectivity index (χ1n) is 3.00. The number of rotatable bonds is 1. The lowest BCUT2D eigenvalue weighted by atomic mass is 10.3. The fourth-order valence-electron chi connectivity index (χ4n) is 0.755. The van der Waals surface area contributed by atoms with Crippen molar-refractivity contribution >= 4 is 69.6 Å². The summed E-state index contributed by atoms with van der Waals surface area (Å²) in [6.45, 7) is 0. The Morgan fingerprint density at radius 1 is 1.15 bits per heavy atom. The molecule has 70 valence electrons. The molecule has 0 spiro atoms. The summed E-state index contributed by atoms with van der Waals surface area (Å²) in [5.41, 5.74) is 0.417. The normalized spacial score (nSPS) is 11.8. The predicted molar refractivity (Wildman–Crippen MR) is 64.2 cm³/mol. The van der Waals surface area contributed by atoms with Crippen LogP contribution in [-0.4, -0.2) is 4.86 Å². The van der Waals surface area contributed by atoms with E-state index in [1.165, 1.54) is 0 Å². The van der Waals surface area contributed by atoms with Gasteiger partial charge in [-0.25, -0.2) is 0 Å². The van der Waals surface area contributed by atoms with E-state index in [9.17, 15) is 5.21 Å². The Kier molecular flexibility index (Phi) is 4.34. The second-order valence-corrected chi connectivity index (χ2v) is 5.01. The standard InChI is InChI=1S/C6H2Br4N2O/c7-3-1-4(8)6(5(9)2-3)12(13)11-10/h1-2H. The highest BCUT2D eigenvalue weighted by atomic mass is 79.9. The molecular formula is C6H2Br4N2O. The molecule has 0 heterocycles. The van der Waals surface area contributed by atoms with E-state index in [0.29, 0.717) is 19.5 Å². The zero-order valence-electron chi connectivity index (χ0n) is 5.97. The third kappa shape index (κ3) is 2.74. The smallest absolute Gasteiger partial charge is 0.273 e. The number of hydrogen-bond donors (Lipinski definition) is 0. The second-order valence-electron chi connectivity index (χ2n) is 2.07. The van der Waals surface area contributed by atoms with Crippen LogP contribution in [0.25, 0.3) is 0 Å². The molecule has 0 atom stereocenters. The molecule has 1 rings (SSSR count). The van der Waals surface area contributed by atoms with Gasteiger partial charge in [-0.2, -0.15) is 0 Å². The lowest BCUT2D eigenvalue weighted by molar-refractivity contribution is -0.429. The number of nitrogens with zero attached hydrogens (tertiary/aromatic N) is 2. The molecule has 0 aliphatic carbocycles. The molecule has 1 aromatic carbocycles. The van der Waals surface area contributed by atoms with Crippen molar-refractivity contribution in [2.75, 3.05) is 0 Å². The van der Waals surface area contributed by atoms with E-state index in [-0.39, 0.29) is 0 Å². The lowest BCUT2D eigenvalue weighted by Gasteiger charge is -2.03. The number of halogens is 4. The van der Waals surface area contributed by atoms with Gasteiger partial charge in [0.2, 0.25) is 0 Å². The molecule has 0 unspecified atom stereocenters. The zero-order valence-corrected chi connectivity index (χ0v) is 12.3. The highest BCUT2D eigenvalue weighted by molar-refractivity contribution is 9.11. The third-order valence-electron chi connectivity index (χ3n) is 1.24. The van der Waals surface area contributed by atoms with Crippen LogP contribution in [0.5, 0.6) is 0 Å². The fourth-order valence-corrected chi connectivity index (χ4v) is 3.48. The van der Waals surface area contributed by atoms with Crippen LogP contribution < -0.4 is 0 Å². The summed E-state index contributed by atoms with van der Waals surface area (Å²) in [7, 11) is 0. The van der Waals surface area contributed by atoms with Gasteiger partial charge in [-0.1, -0.05) is 15.9 Å². The van der Waals surface area contributed by atoms with Crippen molar-refractivity contribution in [1.82, 2.24) is 0 Å². The van der Waals surface area contributed by atoms with Gasteiger partial charge in [-0.05, 0) is 48.9 Å². The average Bonchev–Trinajstić information content (AvgIpc) is 2.02. The minimum absolute atomic E-state index is 0.417. The van der Waals surface area contributed by atoms with E-state index in [1.54, 1.807) is 12.1 Å². The summed E-state index contributed by atoms with van der Waals surface area (Å²) >= 11 is 12.5. The van der Waals surface area contributed by atoms with Gasteiger partial charge in [0.25, 0.3) is 5.69 Å². The van der Waals surface area contributed by atoms with Gasteiger partial charge in [0, 0.05) is 4.47 Å². The second kappa shape index (κ2) is 4.86. The summed E-state index contributed by atoms with van der Waals surface area (Å²) in [6, 6.07) is 3.53. The van der Waals surface area contributed by atoms with E-state index in [2.05, 4.69) is 68.1 Å². The van der Waals surface area contributed by atoms with Crippen LogP contribution in [-0.2, 0) is 0 Å². The summed E-state index contributed by atoms with van der Waals surface area (Å²) in [4.78, 5) is 0.473. The molecule has 3 nitrogen and oxygen atoms in total. The summed E-state index contributed by atoms with van der Waals surface area (Å²) < 4.78 is 5.52. The molecule has 0 bridgehead atoms. The van der Waals surface area contributed by atoms with Crippen molar-refractivity contribution in [2.24, 2.45) is 4.14 Å². The largest absolute Gasteiger partial charge is 0.593 e. The minimum atomic E-state index is 0.417. The summed E-state index contributed by atoms with van der Waals surface area (Å²) in [6.07, 6.45) is 0. The van der Waals surface area contributed by atoms with Crippen LogP contribution in [0.15, 0.2) is 29.7 Å². The topological polar surface area (TPSA) is 38.4 Å². The monoisotopic (exact) mass is 434 g/mol. The summed E-state index contributed by atoms with van der Waals surface area (Å²) in [5, 5.41) is 11.2. The number of hydrogen-bond acceptors (Lipinski definition) is 2. The maximum atomic E-state index is 11.2. The number of benzene rings is 1. The Hall–Kier alpha value is 0.540. The Morgan fingerprint density at radius 3 is 2.00 bits per heavy atom. The Morgan fingerprint density at radius 2 is 1.62 bits per heavy atom. The first kappa shape index (κ1) is 11.6. The quantitative estimate of drug-likeness (QED) is 0.351. The Labute approximate surface area is 109 Å². The van der Waals surface area contributed by atoms with Crippen LogP contribution in [0.1, 0.15) is 0 Å². The van der Waals surface area contributed by atoms with Crippen LogP contribution >= 0.6 is 63.9 Å². The molecule has 0 radical (unpaired) electrons. The molecule has 0 aliphatic rings. The maximum Gasteiger partial charge on any atom is 0.273 e. The molecule has 0 N–H and O–H groups in total. The molecular weight excluding hydrogens is 436 g/mol. The summed E-state index contributed by atoms with van der Waals surface area (Å²) in [5.74, 6) is 0. The average molecular weight is 438 g/mol. The van der Waals surface area contributed by atoms with E-state index in [4.69, 9.17) is 0 Å². The van der Waals surface area contributed by atoms with E-state index in [1.807, 2.05) is 0 Å². The van der Waals surface area contributed by atoms with Crippen LogP contribution in [0.4, 0.5) is 5.69 Å². The molecule has 0 amide bonds. The van der Waals surface area contributed by atoms with Crippen molar-refractivity contribution < 1.29 is 4.86 Å². The van der Waals surface area contributed by atoms with Gasteiger partial charge in [-0.15, -0.1) is 0 Å². The maximum absolute atomic E-state index is 11.2. The first-order chi connectivity index (χ1) is 6.06. The predicted octanol–water partition coefficient (Wildman–Crippen LogP) is 4.88. The molecule has 1 aromatic rings. The highest BCUT2D eigenvalue weighted by Gasteiger charge is 2.15. The molecule has 0 saturated heterocycles. The van der Waals surface area contributed by atoms with Crippen molar-refractivity contribution in [3.8, 4) is 0 Å². The van der Waals surface area contributed by atoms with Gasteiger partial charge in [-0.3, -0.25) is 0 Å². The van der Waals surface area contributed by atoms with Crippen molar-refractivity contribution in [3.63, 3.8) is 0 Å². The first-order valence-corrected chi connectivity index (χ1v) is 6.09. The van der Waals surface area contributed by atoms with Gasteiger partial charge >= 0.3 is 0 Å². The van der Waals surface area contributed by atoms with Gasteiger partial charge in [0.15, 0.2) is 16.1 Å². The SMILES string of the molecule is [O-][N+](=NBr)c1c(Br)cc(Br)cc1Br. The lowest BCUT2D eigenvalue weighted by Crippen LogP contribution is -1.91. The van der Waals surface area contributed by atoms with Crippen LogP contribution in [0.3, 0.4) is 0 Å². The van der Waals surface area contributed by atoms with Crippen molar-refractivity contribution in [1.29, 1.82) is 0 Å². The van der Waals surface area contributed by atoms with E-state index in [0.717, 1.165) is 4.47 Å². The molecule has 0 saturated carbocycles. The zero-order chi connectivity index (χ0) is 10.0. The molecule has 0 fully saturated rings.